The van der Waals surface area contributed by atoms with Crippen LogP contribution in [0.2, 0.25) is 10.2 Å². The first-order valence-electron chi connectivity index (χ1n) is 13.8. The minimum absolute atomic E-state index is 0.176. The Bertz CT molecular complexity index is 1920. The minimum atomic E-state index is -1.83. The zero-order valence-corrected chi connectivity index (χ0v) is 25.1. The highest BCUT2D eigenvalue weighted by atomic mass is 35.5. The molecule has 2 atom stereocenters. The van der Waals surface area contributed by atoms with Crippen molar-refractivity contribution in [2.24, 2.45) is 23.1 Å². The second-order valence-electron chi connectivity index (χ2n) is 10.8. The summed E-state index contributed by atoms with van der Waals surface area (Å²) in [6.07, 6.45) is 6.39. The lowest BCUT2D eigenvalue weighted by molar-refractivity contribution is -0.119. The first kappa shape index (κ1) is 29.7. The highest BCUT2D eigenvalue weighted by molar-refractivity contribution is 6.31. The van der Waals surface area contributed by atoms with E-state index in [1.807, 2.05) is 31.2 Å². The van der Waals surface area contributed by atoms with Crippen molar-refractivity contribution >= 4 is 34.8 Å². The molecule has 0 spiro atoms. The third kappa shape index (κ3) is 5.75. The number of nitrogens with one attached hydrogen (secondary N) is 1. The van der Waals surface area contributed by atoms with Gasteiger partial charge in [-0.25, -0.2) is 14.3 Å². The largest absolute Gasteiger partial charge is 0.323 e. The molecular weight excluding hydrogens is 605 g/mol. The number of anilines is 1. The Hall–Kier alpha value is -4.40. The number of carbonyl (C=O) groups is 1. The fourth-order valence-electron chi connectivity index (χ4n) is 5.44. The summed E-state index contributed by atoms with van der Waals surface area (Å²) in [4.78, 5) is 31.5. The molecule has 226 valence electrons. The van der Waals surface area contributed by atoms with Crippen LogP contribution in [-0.2, 0) is 10.7 Å². The molecule has 0 fully saturated rings. The van der Waals surface area contributed by atoms with Crippen molar-refractivity contribution in [3.63, 3.8) is 0 Å². The van der Waals surface area contributed by atoms with Gasteiger partial charge in [0, 0.05) is 28.1 Å². The molecule has 6 rings (SSSR count). The van der Waals surface area contributed by atoms with Crippen molar-refractivity contribution in [2.75, 3.05) is 5.32 Å². The number of benzene rings is 2. The lowest BCUT2D eigenvalue weighted by Gasteiger charge is -2.25. The molecule has 0 saturated carbocycles. The van der Waals surface area contributed by atoms with E-state index < -0.39 is 12.0 Å². The van der Waals surface area contributed by atoms with E-state index in [-0.39, 0.29) is 22.5 Å². The first-order chi connectivity index (χ1) is 21.0. The van der Waals surface area contributed by atoms with Crippen LogP contribution in [0, 0.1) is 5.92 Å². The van der Waals surface area contributed by atoms with E-state index in [0.717, 1.165) is 5.56 Å². The number of rotatable bonds is 4. The number of halogens is 2. The van der Waals surface area contributed by atoms with E-state index >= 15 is 0 Å². The fraction of sp³-hybridized carbons (Fsp3) is 0.241. The predicted octanol–water partition coefficient (Wildman–Crippen LogP) is 3.45. The summed E-state index contributed by atoms with van der Waals surface area (Å²) in [5.41, 5.74) is 21.8. The van der Waals surface area contributed by atoms with E-state index in [2.05, 4.69) is 25.7 Å². The van der Waals surface area contributed by atoms with E-state index in [1.54, 1.807) is 29.0 Å². The van der Waals surface area contributed by atoms with Crippen LogP contribution in [0.15, 0.2) is 72.0 Å². The van der Waals surface area contributed by atoms with Gasteiger partial charge in [-0.2, -0.15) is 5.10 Å². The quantitative estimate of drug-likeness (QED) is 0.215. The molecule has 13 nitrogen and oxygen atoms in total. The van der Waals surface area contributed by atoms with Crippen LogP contribution in [0.3, 0.4) is 0 Å². The van der Waals surface area contributed by atoms with E-state index in [9.17, 15) is 9.59 Å². The van der Waals surface area contributed by atoms with Crippen molar-refractivity contribution < 1.29 is 4.79 Å². The second kappa shape index (κ2) is 11.6. The number of nitrogens with zero attached hydrogens (tertiary/aromatic N) is 7. The number of amides is 1. The molecule has 0 saturated heterocycles. The van der Waals surface area contributed by atoms with Crippen molar-refractivity contribution in [1.29, 1.82) is 0 Å². The normalized spacial score (nSPS) is 17.4. The lowest BCUT2D eigenvalue weighted by Crippen LogP contribution is -2.60. The lowest BCUT2D eigenvalue weighted by atomic mass is 9.94. The molecule has 5 aromatic rings. The Labute approximate surface area is 261 Å². The van der Waals surface area contributed by atoms with Crippen molar-refractivity contribution in [2.45, 2.75) is 38.1 Å². The van der Waals surface area contributed by atoms with Gasteiger partial charge in [0.2, 0.25) is 11.8 Å². The molecule has 0 aliphatic carbocycles. The van der Waals surface area contributed by atoms with Gasteiger partial charge in [-0.3, -0.25) is 31.4 Å². The number of aromatic nitrogens is 7. The number of fused-ring (bicyclic) bond motifs is 4. The first-order valence-corrected chi connectivity index (χ1v) is 14.6. The van der Waals surface area contributed by atoms with E-state index in [4.69, 9.17) is 40.4 Å². The summed E-state index contributed by atoms with van der Waals surface area (Å²) in [6.45, 7) is 1.85. The average Bonchev–Trinajstić information content (AvgIpc) is 3.61. The minimum Gasteiger partial charge on any atom is -0.323 e. The summed E-state index contributed by atoms with van der Waals surface area (Å²) >= 11 is 12.3. The van der Waals surface area contributed by atoms with Gasteiger partial charge >= 0.3 is 0 Å². The van der Waals surface area contributed by atoms with Gasteiger partial charge in [-0.1, -0.05) is 60.0 Å². The topological polar surface area (TPSA) is 191 Å². The highest BCUT2D eigenvalue weighted by Crippen LogP contribution is 2.35. The Kier molecular flexibility index (Phi) is 7.82. The molecule has 4 heterocycles. The fourth-order valence-corrected chi connectivity index (χ4v) is 5.74. The Morgan fingerprint density at radius 3 is 2.59 bits per heavy atom. The van der Waals surface area contributed by atoms with Crippen LogP contribution in [-0.4, -0.2) is 40.2 Å². The van der Waals surface area contributed by atoms with Crippen LogP contribution in [0.5, 0.6) is 0 Å². The molecule has 1 amide bonds. The summed E-state index contributed by atoms with van der Waals surface area (Å²) in [6, 6.07) is 13.8. The van der Waals surface area contributed by atoms with Gasteiger partial charge in [0.25, 0.3) is 5.56 Å². The molecule has 1 aliphatic rings. The number of hydrogen-bond donors (Lipinski definition) is 4. The van der Waals surface area contributed by atoms with E-state index in [0.29, 0.717) is 58.2 Å². The smallest absolute Gasteiger partial charge is 0.254 e. The molecule has 15 heteroatoms. The summed E-state index contributed by atoms with van der Waals surface area (Å²) < 4.78 is 4.35. The molecule has 2 aromatic carbocycles. The molecule has 2 bridgehead atoms. The van der Waals surface area contributed by atoms with E-state index in [1.165, 1.54) is 28.0 Å². The summed E-state index contributed by atoms with van der Waals surface area (Å²) in [5.74, 6) is -2.32. The van der Waals surface area contributed by atoms with Gasteiger partial charge in [-0.05, 0) is 42.7 Å². The molecule has 44 heavy (non-hydrogen) atoms. The van der Waals surface area contributed by atoms with Gasteiger partial charge in [0.15, 0.2) is 5.15 Å². The highest BCUT2D eigenvalue weighted by Gasteiger charge is 2.27. The van der Waals surface area contributed by atoms with Crippen LogP contribution in [0.4, 0.5) is 5.69 Å². The second-order valence-corrected chi connectivity index (χ2v) is 11.7. The van der Waals surface area contributed by atoms with Crippen LogP contribution in [0.25, 0.3) is 28.2 Å². The van der Waals surface area contributed by atoms with Gasteiger partial charge in [-0.15, -0.1) is 5.10 Å². The maximum absolute atomic E-state index is 13.8. The average molecular weight is 635 g/mol. The van der Waals surface area contributed by atoms with Crippen LogP contribution >= 0.6 is 23.2 Å². The number of carbonyl (C=O) groups excluding carboxylic acids is 1. The molecule has 2 unspecified atom stereocenters. The van der Waals surface area contributed by atoms with Gasteiger partial charge in [0.1, 0.15) is 0 Å². The van der Waals surface area contributed by atoms with Crippen molar-refractivity contribution in [3.05, 3.63) is 93.3 Å². The molecule has 3 aromatic heterocycles. The van der Waals surface area contributed by atoms with Crippen molar-refractivity contribution in [3.8, 4) is 28.2 Å². The standard InChI is InChI=1S/C29H29Cl2N11O2/c1-16-4-2-7-23(17-5-3-6-18(10-17)27-22(37-28(16)44)13-36-42(27)29(32,33)34)40-15-35-21(12-26(40)43)20-11-19(30)8-9-24(20)41-14-25(31)38-39-41/h3,5-6,8-16,23H,2,4,7,32-34H2,1H3,(H,37,44). The third-order valence-corrected chi connectivity index (χ3v) is 8.03. The Morgan fingerprint density at radius 2 is 1.86 bits per heavy atom. The molecular formula is C29H29Cl2N11O2. The van der Waals surface area contributed by atoms with Crippen LogP contribution < -0.4 is 28.1 Å². The number of hydrogen-bond acceptors (Lipinski definition) is 9. The molecule has 7 N–H and O–H groups in total. The SMILES string of the molecule is CC1CCCC(n2cnc(-c3cc(Cl)ccc3-n3cc(Cl)nn3)cc2=O)c2cccc(c2)-c2c(cnn2C(N)(N)N)NC1=O. The summed E-state index contributed by atoms with van der Waals surface area (Å²) in [5, 5.41) is 15.8. The molecule has 0 radical (unpaired) electrons. The third-order valence-electron chi connectivity index (χ3n) is 7.62. The van der Waals surface area contributed by atoms with Crippen molar-refractivity contribution in [1.82, 2.24) is 34.3 Å². The Balaban J connectivity index is 1.46. The summed E-state index contributed by atoms with van der Waals surface area (Å²) in [7, 11) is 0. The zero-order valence-electron chi connectivity index (χ0n) is 23.6. The number of nitrogens with two attached hydrogens (primary N) is 3. The Morgan fingerprint density at radius 1 is 1.05 bits per heavy atom. The van der Waals surface area contributed by atoms with Crippen LogP contribution in [0.1, 0.15) is 37.8 Å². The predicted molar refractivity (Wildman–Crippen MR) is 167 cm³/mol. The molecule has 1 aliphatic heterocycles. The van der Waals surface area contributed by atoms with Gasteiger partial charge in [0.05, 0.1) is 47.5 Å². The maximum atomic E-state index is 13.8. The maximum Gasteiger partial charge on any atom is 0.254 e. The van der Waals surface area contributed by atoms with Gasteiger partial charge < -0.3 is 5.32 Å². The monoisotopic (exact) mass is 633 g/mol. The zero-order chi connectivity index (χ0) is 31.2.